The van der Waals surface area contributed by atoms with Crippen molar-refractivity contribution < 1.29 is 0 Å². The summed E-state index contributed by atoms with van der Waals surface area (Å²) < 4.78 is 0. The minimum absolute atomic E-state index is 0.488. The third-order valence-corrected chi connectivity index (χ3v) is 3.17. The van der Waals surface area contributed by atoms with E-state index in [9.17, 15) is 0 Å². The summed E-state index contributed by atoms with van der Waals surface area (Å²) in [5.41, 5.74) is 3.38. The van der Waals surface area contributed by atoms with Gasteiger partial charge in [-0.15, -0.1) is 22.9 Å². The van der Waals surface area contributed by atoms with Gasteiger partial charge in [-0.1, -0.05) is 23.8 Å². The van der Waals surface area contributed by atoms with Crippen molar-refractivity contribution in [1.82, 2.24) is 4.98 Å². The summed E-state index contributed by atoms with van der Waals surface area (Å²) in [6, 6.07) is 8.34. The molecule has 2 aromatic rings. The third kappa shape index (κ3) is 1.97. The van der Waals surface area contributed by atoms with E-state index in [-0.39, 0.29) is 0 Å². The highest BCUT2D eigenvalue weighted by molar-refractivity contribution is 7.13. The van der Waals surface area contributed by atoms with Gasteiger partial charge in [0.1, 0.15) is 5.01 Å². The van der Waals surface area contributed by atoms with Gasteiger partial charge in [0.2, 0.25) is 0 Å². The topological polar surface area (TPSA) is 12.9 Å². The number of rotatable bonds is 2. The maximum Gasteiger partial charge on any atom is 0.123 e. The predicted molar refractivity (Wildman–Crippen MR) is 61.8 cm³/mol. The molecule has 0 amide bonds. The molecule has 1 nitrogen and oxygen atoms in total. The molecule has 2 rings (SSSR count). The first-order valence-corrected chi connectivity index (χ1v) is 5.78. The second-order valence-corrected chi connectivity index (χ2v) is 4.27. The van der Waals surface area contributed by atoms with Crippen molar-refractivity contribution in [3.05, 3.63) is 40.9 Å². The first-order chi connectivity index (χ1) is 6.79. The van der Waals surface area contributed by atoms with Crippen molar-refractivity contribution in [2.75, 3.05) is 0 Å². The highest BCUT2D eigenvalue weighted by Crippen LogP contribution is 2.24. The van der Waals surface area contributed by atoms with Gasteiger partial charge in [-0.2, -0.15) is 0 Å². The molecule has 0 N–H and O–H groups in total. The Bertz CT molecular complexity index is 436. The minimum atomic E-state index is 0.488. The lowest BCUT2D eigenvalue weighted by atomic mass is 10.1. The van der Waals surface area contributed by atoms with Gasteiger partial charge in [-0.3, -0.25) is 0 Å². The van der Waals surface area contributed by atoms with E-state index in [4.69, 9.17) is 11.6 Å². The van der Waals surface area contributed by atoms with E-state index < -0.39 is 0 Å². The van der Waals surface area contributed by atoms with Crippen molar-refractivity contribution in [2.24, 2.45) is 0 Å². The molecule has 0 saturated carbocycles. The molecule has 0 bridgehead atoms. The van der Waals surface area contributed by atoms with Gasteiger partial charge in [-0.25, -0.2) is 4.98 Å². The zero-order valence-corrected chi connectivity index (χ0v) is 9.40. The Kier molecular flexibility index (Phi) is 2.85. The fourth-order valence-electron chi connectivity index (χ4n) is 1.28. The summed E-state index contributed by atoms with van der Waals surface area (Å²) in [5, 5.41) is 3.05. The summed E-state index contributed by atoms with van der Waals surface area (Å²) in [6.45, 7) is 2.08. The highest BCUT2D eigenvalue weighted by atomic mass is 35.5. The van der Waals surface area contributed by atoms with E-state index in [1.807, 2.05) is 11.4 Å². The first kappa shape index (κ1) is 9.69. The third-order valence-electron chi connectivity index (χ3n) is 1.95. The molecule has 72 valence electrons. The maximum absolute atomic E-state index is 5.70. The molecular weight excluding hydrogens is 214 g/mol. The lowest BCUT2D eigenvalue weighted by molar-refractivity contribution is 1.23. The van der Waals surface area contributed by atoms with E-state index in [2.05, 4.69) is 30.1 Å². The van der Waals surface area contributed by atoms with Crippen LogP contribution in [0, 0.1) is 6.92 Å². The first-order valence-electron chi connectivity index (χ1n) is 4.37. The smallest absolute Gasteiger partial charge is 0.123 e. The van der Waals surface area contributed by atoms with Crippen LogP contribution in [0.25, 0.3) is 10.6 Å². The molecule has 0 aliphatic carbocycles. The molecule has 0 unspecified atom stereocenters. The van der Waals surface area contributed by atoms with Crippen molar-refractivity contribution >= 4 is 22.9 Å². The Morgan fingerprint density at radius 1 is 1.43 bits per heavy atom. The molecule has 14 heavy (non-hydrogen) atoms. The van der Waals surface area contributed by atoms with Crippen LogP contribution in [0.4, 0.5) is 0 Å². The second-order valence-electron chi connectivity index (χ2n) is 3.15. The average molecular weight is 224 g/mol. The summed E-state index contributed by atoms with van der Waals surface area (Å²) in [7, 11) is 0. The van der Waals surface area contributed by atoms with Crippen LogP contribution >= 0.6 is 22.9 Å². The molecule has 0 radical (unpaired) electrons. The summed E-state index contributed by atoms with van der Waals surface area (Å²) in [5.74, 6) is 0.488. The van der Waals surface area contributed by atoms with Gasteiger partial charge in [0, 0.05) is 10.9 Å². The van der Waals surface area contributed by atoms with Gasteiger partial charge in [0.25, 0.3) is 0 Å². The number of hydrogen-bond donors (Lipinski definition) is 0. The number of nitrogens with zero attached hydrogens (tertiary/aromatic N) is 1. The van der Waals surface area contributed by atoms with Gasteiger partial charge < -0.3 is 0 Å². The van der Waals surface area contributed by atoms with Crippen LogP contribution in [0.2, 0.25) is 0 Å². The lowest BCUT2D eigenvalue weighted by Crippen LogP contribution is -1.80. The van der Waals surface area contributed by atoms with Crippen molar-refractivity contribution in [3.8, 4) is 10.6 Å². The molecule has 1 heterocycles. The number of halogens is 1. The van der Waals surface area contributed by atoms with Crippen LogP contribution in [0.15, 0.2) is 29.6 Å². The van der Waals surface area contributed by atoms with Crippen molar-refractivity contribution in [2.45, 2.75) is 12.8 Å². The number of hydrogen-bond acceptors (Lipinski definition) is 2. The van der Waals surface area contributed by atoms with Crippen LogP contribution in [0.1, 0.15) is 11.3 Å². The Morgan fingerprint density at radius 3 is 2.93 bits per heavy atom. The highest BCUT2D eigenvalue weighted by Gasteiger charge is 2.03. The lowest BCUT2D eigenvalue weighted by Gasteiger charge is -1.96. The Balaban J connectivity index is 2.39. The van der Waals surface area contributed by atoms with E-state index in [0.717, 1.165) is 10.7 Å². The van der Waals surface area contributed by atoms with Crippen LogP contribution in [-0.4, -0.2) is 4.98 Å². The van der Waals surface area contributed by atoms with Crippen LogP contribution in [0.5, 0.6) is 0 Å². The molecule has 3 heteroatoms. The van der Waals surface area contributed by atoms with Crippen LogP contribution < -0.4 is 0 Å². The Labute approximate surface area is 92.4 Å². The number of aromatic nitrogens is 1. The average Bonchev–Trinajstić information content (AvgIpc) is 2.66. The van der Waals surface area contributed by atoms with E-state index in [1.165, 1.54) is 11.1 Å². The summed E-state index contributed by atoms with van der Waals surface area (Å²) in [4.78, 5) is 4.43. The molecule has 0 atom stereocenters. The predicted octanol–water partition coefficient (Wildman–Crippen LogP) is 3.86. The molecule has 0 aliphatic heterocycles. The normalized spacial score (nSPS) is 10.4. The number of alkyl halides is 1. The van der Waals surface area contributed by atoms with Crippen LogP contribution in [-0.2, 0) is 5.88 Å². The summed E-state index contributed by atoms with van der Waals surface area (Å²) in [6.07, 6.45) is 0. The molecule has 1 aromatic carbocycles. The quantitative estimate of drug-likeness (QED) is 0.705. The number of benzene rings is 1. The zero-order valence-electron chi connectivity index (χ0n) is 7.83. The standard InChI is InChI=1S/C11H10ClNS/c1-8-3-2-4-9(5-8)11-13-10(6-12)7-14-11/h2-5,7H,6H2,1H3. The van der Waals surface area contributed by atoms with Gasteiger partial charge in [0.15, 0.2) is 0 Å². The Morgan fingerprint density at radius 2 is 2.29 bits per heavy atom. The zero-order chi connectivity index (χ0) is 9.97. The molecular formula is C11H10ClNS. The fourth-order valence-corrected chi connectivity index (χ4v) is 2.32. The van der Waals surface area contributed by atoms with Crippen molar-refractivity contribution in [3.63, 3.8) is 0 Å². The number of thiazole rings is 1. The van der Waals surface area contributed by atoms with E-state index >= 15 is 0 Å². The molecule has 0 saturated heterocycles. The molecule has 0 fully saturated rings. The summed E-state index contributed by atoms with van der Waals surface area (Å²) >= 11 is 7.34. The second kappa shape index (κ2) is 4.11. The van der Waals surface area contributed by atoms with Gasteiger partial charge in [-0.05, 0) is 13.0 Å². The van der Waals surface area contributed by atoms with Crippen LogP contribution in [0.3, 0.4) is 0 Å². The van der Waals surface area contributed by atoms with Gasteiger partial charge >= 0.3 is 0 Å². The van der Waals surface area contributed by atoms with E-state index in [0.29, 0.717) is 5.88 Å². The largest absolute Gasteiger partial charge is 0.240 e. The minimum Gasteiger partial charge on any atom is -0.240 e. The SMILES string of the molecule is Cc1cccc(-c2nc(CCl)cs2)c1. The molecule has 1 aromatic heterocycles. The maximum atomic E-state index is 5.70. The van der Waals surface area contributed by atoms with E-state index in [1.54, 1.807) is 11.3 Å². The monoisotopic (exact) mass is 223 g/mol. The fraction of sp³-hybridized carbons (Fsp3) is 0.182. The number of aryl methyl sites for hydroxylation is 1. The Hall–Kier alpha value is -0.860. The van der Waals surface area contributed by atoms with Gasteiger partial charge in [0.05, 0.1) is 11.6 Å². The molecule has 0 aliphatic rings. The molecule has 0 spiro atoms. The van der Waals surface area contributed by atoms with Crippen molar-refractivity contribution in [1.29, 1.82) is 0 Å².